The van der Waals surface area contributed by atoms with Crippen molar-refractivity contribution in [3.63, 3.8) is 0 Å². The highest BCUT2D eigenvalue weighted by atomic mass is 19.4. The van der Waals surface area contributed by atoms with Crippen molar-refractivity contribution < 1.29 is 22.8 Å². The Bertz CT molecular complexity index is 1890. The Morgan fingerprint density at radius 3 is 2.09 bits per heavy atom. The Kier molecular flexibility index (Phi) is 7.97. The fourth-order valence-electron chi connectivity index (χ4n) is 4.79. The maximum absolute atomic E-state index is 12.7. The monoisotopic (exact) mass is 611 g/mol. The number of nitrogens with one attached hydrogen (secondary N) is 1. The molecule has 0 unspecified atom stereocenters. The first-order valence-electron chi connectivity index (χ1n) is 13.7. The summed E-state index contributed by atoms with van der Waals surface area (Å²) in [4.78, 5) is 27.2. The number of hydrogen-bond acceptors (Lipinski definition) is 8. The van der Waals surface area contributed by atoms with Crippen LogP contribution in [-0.4, -0.2) is 30.8 Å². The number of non-ortho nitro benzene ring substituents is 1. The number of nitro benzene ring substituents is 1. The van der Waals surface area contributed by atoms with Crippen LogP contribution in [-0.2, 0) is 13.1 Å². The Balaban J connectivity index is 1.47. The molecule has 1 N–H and O–H groups in total. The van der Waals surface area contributed by atoms with E-state index in [0.29, 0.717) is 41.4 Å². The van der Waals surface area contributed by atoms with Gasteiger partial charge in [0, 0.05) is 30.9 Å². The van der Waals surface area contributed by atoms with Gasteiger partial charge in [-0.15, -0.1) is 13.2 Å². The van der Waals surface area contributed by atoms with Crippen LogP contribution in [0.5, 0.6) is 5.75 Å². The maximum Gasteiger partial charge on any atom is 0.573 e. The number of alkyl halides is 3. The van der Waals surface area contributed by atoms with Crippen LogP contribution in [0.4, 0.5) is 36.3 Å². The van der Waals surface area contributed by atoms with Crippen molar-refractivity contribution in [1.82, 2.24) is 19.5 Å². The van der Waals surface area contributed by atoms with E-state index in [4.69, 9.17) is 9.97 Å². The van der Waals surface area contributed by atoms with Gasteiger partial charge in [0.05, 0.1) is 10.6 Å². The maximum atomic E-state index is 12.7. The first kappa shape index (κ1) is 29.1. The molecular formula is C32H24F3N7O3. The van der Waals surface area contributed by atoms with Crippen molar-refractivity contribution in [3.05, 3.63) is 137 Å². The van der Waals surface area contributed by atoms with Crippen molar-refractivity contribution in [2.45, 2.75) is 19.5 Å². The minimum Gasteiger partial charge on any atom is -0.406 e. The van der Waals surface area contributed by atoms with Gasteiger partial charge in [0.15, 0.2) is 17.0 Å². The number of halogens is 3. The molecule has 226 valence electrons. The molecule has 0 saturated heterocycles. The Morgan fingerprint density at radius 2 is 1.49 bits per heavy atom. The van der Waals surface area contributed by atoms with E-state index in [0.717, 1.165) is 11.1 Å². The first-order chi connectivity index (χ1) is 21.7. The molecule has 0 radical (unpaired) electrons. The second-order valence-electron chi connectivity index (χ2n) is 9.96. The Morgan fingerprint density at radius 1 is 0.844 bits per heavy atom. The lowest BCUT2D eigenvalue weighted by atomic mass is 10.1. The van der Waals surface area contributed by atoms with E-state index in [1.54, 1.807) is 16.7 Å². The van der Waals surface area contributed by atoms with Crippen LogP contribution < -0.4 is 15.0 Å². The number of hydrogen-bond donors (Lipinski definition) is 1. The summed E-state index contributed by atoms with van der Waals surface area (Å²) in [5.74, 6) is 0.252. The predicted octanol–water partition coefficient (Wildman–Crippen LogP) is 7.57. The molecule has 2 aromatic heterocycles. The highest BCUT2D eigenvalue weighted by Gasteiger charge is 2.31. The molecule has 0 aliphatic rings. The van der Waals surface area contributed by atoms with Crippen LogP contribution in [0.1, 0.15) is 11.1 Å². The van der Waals surface area contributed by atoms with E-state index in [1.165, 1.54) is 42.7 Å². The fraction of sp³-hybridized carbons (Fsp3) is 0.0938. The first-order valence-corrected chi connectivity index (χ1v) is 13.7. The number of aromatic nitrogens is 4. The summed E-state index contributed by atoms with van der Waals surface area (Å²) in [5, 5.41) is 14.6. The molecule has 2 heterocycles. The fourth-order valence-corrected chi connectivity index (χ4v) is 4.79. The lowest BCUT2D eigenvalue weighted by Gasteiger charge is -2.25. The number of nitro groups is 1. The topological polar surface area (TPSA) is 111 Å². The molecule has 0 bridgehead atoms. The molecule has 45 heavy (non-hydrogen) atoms. The molecule has 0 aliphatic carbocycles. The van der Waals surface area contributed by atoms with Gasteiger partial charge in [0.1, 0.15) is 12.1 Å². The molecule has 0 aliphatic heterocycles. The number of benzene rings is 4. The molecule has 6 rings (SSSR count). The van der Waals surface area contributed by atoms with Crippen molar-refractivity contribution in [2.75, 3.05) is 10.2 Å². The van der Waals surface area contributed by atoms with Gasteiger partial charge in [0.25, 0.3) is 5.69 Å². The third-order valence-corrected chi connectivity index (χ3v) is 6.77. The minimum atomic E-state index is -4.82. The lowest BCUT2D eigenvalue weighted by molar-refractivity contribution is -0.384. The summed E-state index contributed by atoms with van der Waals surface area (Å²) in [6.45, 7) is 0.933. The van der Waals surface area contributed by atoms with E-state index in [9.17, 15) is 23.3 Å². The third-order valence-electron chi connectivity index (χ3n) is 6.77. The smallest absolute Gasteiger partial charge is 0.406 e. The number of imidazole rings is 1. The molecule has 13 heteroatoms. The zero-order valence-corrected chi connectivity index (χ0v) is 23.4. The van der Waals surface area contributed by atoms with E-state index >= 15 is 0 Å². The number of anilines is 3. The summed E-state index contributed by atoms with van der Waals surface area (Å²) in [5.41, 5.74) is 3.64. The second kappa shape index (κ2) is 12.3. The predicted molar refractivity (Wildman–Crippen MR) is 162 cm³/mol. The molecule has 10 nitrogen and oxygen atoms in total. The number of ether oxygens (including phenoxy) is 1. The van der Waals surface area contributed by atoms with Gasteiger partial charge >= 0.3 is 6.36 Å². The normalized spacial score (nSPS) is 11.4. The van der Waals surface area contributed by atoms with Crippen LogP contribution in [0.15, 0.2) is 116 Å². The SMILES string of the molecule is O=[N+]([O-])c1cccc(-n2cnc3c(N(Cc4ccccc4)Cc4ccccc4)nc(Nc4ccc(OC(F)(F)F)cc4)nc32)c1. The van der Waals surface area contributed by atoms with Gasteiger partial charge in [-0.1, -0.05) is 66.7 Å². The highest BCUT2D eigenvalue weighted by Crippen LogP contribution is 2.31. The van der Waals surface area contributed by atoms with Crippen LogP contribution in [0.2, 0.25) is 0 Å². The number of fused-ring (bicyclic) bond motifs is 1. The summed E-state index contributed by atoms with van der Waals surface area (Å²) in [6.07, 6.45) is -3.29. The van der Waals surface area contributed by atoms with Gasteiger partial charge in [-0.25, -0.2) is 4.98 Å². The lowest BCUT2D eigenvalue weighted by Crippen LogP contribution is -2.24. The zero-order valence-electron chi connectivity index (χ0n) is 23.4. The van der Waals surface area contributed by atoms with Gasteiger partial charge in [0.2, 0.25) is 5.95 Å². The summed E-state index contributed by atoms with van der Waals surface area (Å²) < 4.78 is 43.6. The summed E-state index contributed by atoms with van der Waals surface area (Å²) in [6, 6.07) is 30.9. The van der Waals surface area contributed by atoms with E-state index in [2.05, 4.69) is 15.0 Å². The number of rotatable bonds is 10. The van der Waals surface area contributed by atoms with Gasteiger partial charge in [-0.2, -0.15) is 9.97 Å². The standard InChI is InChI=1S/C32H24F3N7O3/c33-32(34,35)45-27-16-14-24(15-17-27)37-31-38-29(40(19-22-8-3-1-4-9-22)20-23-10-5-2-6-11-23)28-30(39-31)41(21-36-28)25-12-7-13-26(18-25)42(43)44/h1-18,21H,19-20H2,(H,37,38,39). The molecule has 0 fully saturated rings. The van der Waals surface area contributed by atoms with Gasteiger partial charge in [-0.05, 0) is 41.5 Å². The van der Waals surface area contributed by atoms with Gasteiger partial charge < -0.3 is 15.0 Å². The molecular weight excluding hydrogens is 587 g/mol. The summed E-state index contributed by atoms with van der Waals surface area (Å²) in [7, 11) is 0. The molecule has 4 aromatic carbocycles. The molecule has 0 amide bonds. The summed E-state index contributed by atoms with van der Waals surface area (Å²) >= 11 is 0. The third kappa shape index (κ3) is 6.99. The van der Waals surface area contributed by atoms with E-state index < -0.39 is 11.3 Å². The van der Waals surface area contributed by atoms with Gasteiger partial charge in [-0.3, -0.25) is 14.7 Å². The van der Waals surface area contributed by atoms with Crippen molar-refractivity contribution in [3.8, 4) is 11.4 Å². The van der Waals surface area contributed by atoms with Crippen LogP contribution >= 0.6 is 0 Å². The average molecular weight is 612 g/mol. The Labute approximate surface area is 254 Å². The van der Waals surface area contributed by atoms with Crippen molar-refractivity contribution >= 4 is 34.3 Å². The molecule has 6 aromatic rings. The second-order valence-corrected chi connectivity index (χ2v) is 9.96. The number of nitrogens with zero attached hydrogens (tertiary/aromatic N) is 6. The zero-order chi connectivity index (χ0) is 31.4. The van der Waals surface area contributed by atoms with E-state index in [1.807, 2.05) is 65.6 Å². The highest BCUT2D eigenvalue weighted by molar-refractivity contribution is 5.86. The Hall–Kier alpha value is -5.98. The molecule has 0 spiro atoms. The molecule has 0 saturated carbocycles. The average Bonchev–Trinajstić information content (AvgIpc) is 3.46. The van der Waals surface area contributed by atoms with Crippen LogP contribution in [0.25, 0.3) is 16.9 Å². The molecule has 0 atom stereocenters. The van der Waals surface area contributed by atoms with Crippen LogP contribution in [0, 0.1) is 10.1 Å². The largest absolute Gasteiger partial charge is 0.573 e. The van der Waals surface area contributed by atoms with Crippen LogP contribution in [0.3, 0.4) is 0 Å². The van der Waals surface area contributed by atoms with Crippen molar-refractivity contribution in [2.24, 2.45) is 0 Å². The van der Waals surface area contributed by atoms with E-state index in [-0.39, 0.29) is 17.4 Å². The quantitative estimate of drug-likeness (QED) is 0.125. The minimum absolute atomic E-state index is 0.0991. The van der Waals surface area contributed by atoms with Crippen molar-refractivity contribution in [1.29, 1.82) is 0 Å².